The van der Waals surface area contributed by atoms with Gasteiger partial charge in [0.2, 0.25) is 0 Å². The molecule has 0 fully saturated rings. The number of carbonyl (C=O) groups is 1. The maximum atomic E-state index is 12.2. The van der Waals surface area contributed by atoms with Crippen LogP contribution in [-0.2, 0) is 0 Å². The summed E-state index contributed by atoms with van der Waals surface area (Å²) in [5, 5.41) is 3.48. The molecule has 0 saturated carbocycles. The third-order valence-electron chi connectivity index (χ3n) is 3.05. The first-order valence-electron chi connectivity index (χ1n) is 5.90. The van der Waals surface area contributed by atoms with Crippen LogP contribution in [0.15, 0.2) is 18.2 Å². The molecule has 0 heterocycles. The second-order valence-electron chi connectivity index (χ2n) is 5.41. The van der Waals surface area contributed by atoms with Crippen molar-refractivity contribution >= 4 is 17.5 Å². The lowest BCUT2D eigenvalue weighted by molar-refractivity contribution is 0.0907. The van der Waals surface area contributed by atoms with Gasteiger partial charge in [-0.25, -0.2) is 0 Å². The maximum absolute atomic E-state index is 12.2. The summed E-state index contributed by atoms with van der Waals surface area (Å²) in [6.45, 7) is 8.21. The average Bonchev–Trinajstić information content (AvgIpc) is 2.27. The molecule has 1 aromatic rings. The molecule has 1 amide bonds. The van der Waals surface area contributed by atoms with E-state index >= 15 is 0 Å². The van der Waals surface area contributed by atoms with E-state index in [2.05, 4.69) is 26.1 Å². The van der Waals surface area contributed by atoms with Crippen molar-refractivity contribution in [1.82, 2.24) is 5.32 Å². The molecule has 1 aromatic carbocycles. The highest BCUT2D eigenvalue weighted by molar-refractivity contribution is 6.31. The molecule has 1 N–H and O–H groups in total. The van der Waals surface area contributed by atoms with Crippen LogP contribution in [0.2, 0.25) is 5.02 Å². The summed E-state index contributed by atoms with van der Waals surface area (Å²) >= 11 is 5.91. The minimum absolute atomic E-state index is 0.00146. The molecule has 0 aliphatic heterocycles. The summed E-state index contributed by atoms with van der Waals surface area (Å²) in [5.74, 6) is 0.356. The summed E-state index contributed by atoms with van der Waals surface area (Å²) in [6, 6.07) is 5.06. The molecule has 4 heteroatoms. The third-order valence-corrected chi connectivity index (χ3v) is 3.29. The van der Waals surface area contributed by atoms with Gasteiger partial charge in [-0.15, -0.1) is 0 Å². The zero-order valence-electron chi connectivity index (χ0n) is 11.5. The van der Waals surface area contributed by atoms with Gasteiger partial charge in [-0.2, -0.15) is 0 Å². The SMILES string of the molecule is COc1ccc(Cl)cc1C(=O)NC(C)C(C)(C)C. The van der Waals surface area contributed by atoms with Crippen LogP contribution < -0.4 is 10.1 Å². The van der Waals surface area contributed by atoms with E-state index in [-0.39, 0.29) is 17.4 Å². The molecule has 0 radical (unpaired) electrons. The number of halogens is 1. The van der Waals surface area contributed by atoms with Crippen LogP contribution in [-0.4, -0.2) is 19.1 Å². The molecule has 0 aliphatic carbocycles. The number of ether oxygens (including phenoxy) is 1. The van der Waals surface area contributed by atoms with E-state index < -0.39 is 0 Å². The number of hydrogen-bond acceptors (Lipinski definition) is 2. The lowest BCUT2D eigenvalue weighted by Gasteiger charge is -2.28. The van der Waals surface area contributed by atoms with Crippen LogP contribution in [0, 0.1) is 5.41 Å². The minimum Gasteiger partial charge on any atom is -0.496 e. The van der Waals surface area contributed by atoms with Gasteiger partial charge < -0.3 is 10.1 Å². The number of carbonyl (C=O) groups excluding carboxylic acids is 1. The second-order valence-corrected chi connectivity index (χ2v) is 5.84. The molecule has 0 spiro atoms. The first-order valence-corrected chi connectivity index (χ1v) is 6.28. The quantitative estimate of drug-likeness (QED) is 0.912. The zero-order valence-corrected chi connectivity index (χ0v) is 12.3. The Morgan fingerprint density at radius 2 is 2.00 bits per heavy atom. The number of nitrogens with one attached hydrogen (secondary N) is 1. The molecule has 100 valence electrons. The lowest BCUT2D eigenvalue weighted by atomic mass is 9.88. The van der Waals surface area contributed by atoms with Crippen LogP contribution in [0.25, 0.3) is 0 Å². The van der Waals surface area contributed by atoms with E-state index in [0.29, 0.717) is 16.3 Å². The second kappa shape index (κ2) is 5.61. The molecule has 0 bridgehead atoms. The van der Waals surface area contributed by atoms with Gasteiger partial charge in [0.1, 0.15) is 5.75 Å². The van der Waals surface area contributed by atoms with Gasteiger partial charge in [0.15, 0.2) is 0 Å². The van der Waals surface area contributed by atoms with Crippen LogP contribution in [0.5, 0.6) is 5.75 Å². The van der Waals surface area contributed by atoms with E-state index in [1.54, 1.807) is 18.2 Å². The van der Waals surface area contributed by atoms with Crippen molar-refractivity contribution in [2.45, 2.75) is 33.7 Å². The van der Waals surface area contributed by atoms with Gasteiger partial charge in [-0.1, -0.05) is 32.4 Å². The first kappa shape index (κ1) is 14.8. The largest absolute Gasteiger partial charge is 0.496 e. The smallest absolute Gasteiger partial charge is 0.255 e. The summed E-state index contributed by atoms with van der Waals surface area (Å²) in [6.07, 6.45) is 0. The van der Waals surface area contributed by atoms with E-state index in [1.807, 2.05) is 6.92 Å². The van der Waals surface area contributed by atoms with Crippen LogP contribution >= 0.6 is 11.6 Å². The summed E-state index contributed by atoms with van der Waals surface area (Å²) in [5.41, 5.74) is 0.461. The third kappa shape index (κ3) is 3.64. The van der Waals surface area contributed by atoms with Gasteiger partial charge in [0, 0.05) is 11.1 Å². The lowest BCUT2D eigenvalue weighted by Crippen LogP contribution is -2.41. The highest BCUT2D eigenvalue weighted by Crippen LogP contribution is 2.24. The van der Waals surface area contributed by atoms with Gasteiger partial charge in [0.05, 0.1) is 12.7 Å². The molecule has 1 atom stereocenters. The Labute approximate surface area is 113 Å². The average molecular weight is 270 g/mol. The molecule has 0 aliphatic rings. The summed E-state index contributed by atoms with van der Waals surface area (Å²) < 4.78 is 5.17. The molecule has 1 unspecified atom stereocenters. The number of benzene rings is 1. The number of methoxy groups -OCH3 is 1. The van der Waals surface area contributed by atoms with Crippen molar-refractivity contribution < 1.29 is 9.53 Å². The summed E-state index contributed by atoms with van der Waals surface area (Å²) in [7, 11) is 1.53. The molecule has 3 nitrogen and oxygen atoms in total. The monoisotopic (exact) mass is 269 g/mol. The van der Waals surface area contributed by atoms with Gasteiger partial charge in [-0.05, 0) is 30.5 Å². The first-order chi connectivity index (χ1) is 8.25. The predicted octanol–water partition coefficient (Wildman–Crippen LogP) is 3.51. The van der Waals surface area contributed by atoms with E-state index in [0.717, 1.165) is 0 Å². The fraction of sp³-hybridized carbons (Fsp3) is 0.500. The Kier molecular flexibility index (Phi) is 4.63. The number of hydrogen-bond donors (Lipinski definition) is 1. The normalized spacial score (nSPS) is 13.0. The van der Waals surface area contributed by atoms with Crippen LogP contribution in [0.3, 0.4) is 0 Å². The maximum Gasteiger partial charge on any atom is 0.255 e. The van der Waals surface area contributed by atoms with E-state index in [4.69, 9.17) is 16.3 Å². The minimum atomic E-state index is -0.170. The fourth-order valence-corrected chi connectivity index (χ4v) is 1.52. The predicted molar refractivity (Wildman–Crippen MR) is 74.4 cm³/mol. The highest BCUT2D eigenvalue weighted by Gasteiger charge is 2.23. The van der Waals surface area contributed by atoms with Crippen molar-refractivity contribution in [2.75, 3.05) is 7.11 Å². The van der Waals surface area contributed by atoms with Gasteiger partial charge >= 0.3 is 0 Å². The van der Waals surface area contributed by atoms with Crippen LogP contribution in [0.1, 0.15) is 38.1 Å². The van der Waals surface area contributed by atoms with Crippen molar-refractivity contribution in [1.29, 1.82) is 0 Å². The Morgan fingerprint density at radius 3 is 2.50 bits per heavy atom. The Morgan fingerprint density at radius 1 is 1.39 bits per heavy atom. The van der Waals surface area contributed by atoms with E-state index in [9.17, 15) is 4.79 Å². The van der Waals surface area contributed by atoms with Gasteiger partial charge in [-0.3, -0.25) is 4.79 Å². The standard InChI is InChI=1S/C14H20ClNO2/c1-9(14(2,3)4)16-13(17)11-8-10(15)6-7-12(11)18-5/h6-9H,1-5H3,(H,16,17). The van der Waals surface area contributed by atoms with Gasteiger partial charge in [0.25, 0.3) is 5.91 Å². The van der Waals surface area contributed by atoms with Crippen molar-refractivity contribution in [3.05, 3.63) is 28.8 Å². The number of amides is 1. The topological polar surface area (TPSA) is 38.3 Å². The Bertz CT molecular complexity index is 438. The number of rotatable bonds is 3. The molecular weight excluding hydrogens is 250 g/mol. The molecule has 18 heavy (non-hydrogen) atoms. The van der Waals surface area contributed by atoms with E-state index in [1.165, 1.54) is 7.11 Å². The fourth-order valence-electron chi connectivity index (χ4n) is 1.35. The molecule has 0 aromatic heterocycles. The Balaban J connectivity index is 2.94. The van der Waals surface area contributed by atoms with Crippen molar-refractivity contribution in [2.24, 2.45) is 5.41 Å². The molecular formula is C14H20ClNO2. The summed E-state index contributed by atoms with van der Waals surface area (Å²) in [4.78, 5) is 12.2. The zero-order chi connectivity index (χ0) is 13.9. The van der Waals surface area contributed by atoms with Crippen LogP contribution in [0.4, 0.5) is 0 Å². The molecule has 1 rings (SSSR count). The van der Waals surface area contributed by atoms with Crippen molar-refractivity contribution in [3.8, 4) is 5.75 Å². The Hall–Kier alpha value is -1.22. The molecule has 0 saturated heterocycles. The van der Waals surface area contributed by atoms with Crippen molar-refractivity contribution in [3.63, 3.8) is 0 Å². The highest BCUT2D eigenvalue weighted by atomic mass is 35.5.